The molecule has 2 atom stereocenters. The Morgan fingerprint density at radius 2 is 1.92 bits per heavy atom. The molecule has 1 saturated heterocycles. The standard InChI is InChI=1S/C12H18O/c1-2-4-9(5-3-1)12-7-11-6-10(12)8-13-11/h7,9-11H,1-6,8H2. The van der Waals surface area contributed by atoms with Gasteiger partial charge in [-0.3, -0.25) is 0 Å². The Kier molecular flexibility index (Phi) is 1.93. The molecule has 1 aliphatic heterocycles. The van der Waals surface area contributed by atoms with Crippen LogP contribution in [0.25, 0.3) is 0 Å². The van der Waals surface area contributed by atoms with Gasteiger partial charge in [0.1, 0.15) is 0 Å². The van der Waals surface area contributed by atoms with E-state index in [0.29, 0.717) is 6.10 Å². The van der Waals surface area contributed by atoms with Crippen molar-refractivity contribution in [2.75, 3.05) is 6.61 Å². The third kappa shape index (κ3) is 1.34. The Bertz CT molecular complexity index is 225. The van der Waals surface area contributed by atoms with E-state index in [1.165, 1.54) is 38.5 Å². The minimum absolute atomic E-state index is 0.502. The molecule has 1 heterocycles. The third-order valence-corrected chi connectivity index (χ3v) is 3.95. The molecule has 0 amide bonds. The second kappa shape index (κ2) is 3.13. The lowest BCUT2D eigenvalue weighted by atomic mass is 9.80. The monoisotopic (exact) mass is 178 g/mol. The summed E-state index contributed by atoms with van der Waals surface area (Å²) in [7, 11) is 0. The molecule has 2 bridgehead atoms. The van der Waals surface area contributed by atoms with Gasteiger partial charge < -0.3 is 4.74 Å². The molecule has 2 unspecified atom stereocenters. The molecule has 1 nitrogen and oxygen atoms in total. The first kappa shape index (κ1) is 8.05. The van der Waals surface area contributed by atoms with Gasteiger partial charge in [0, 0.05) is 5.92 Å². The average Bonchev–Trinajstić information content (AvgIpc) is 2.80. The van der Waals surface area contributed by atoms with Crippen molar-refractivity contribution in [3.8, 4) is 0 Å². The molecule has 2 fully saturated rings. The van der Waals surface area contributed by atoms with E-state index in [0.717, 1.165) is 18.4 Å². The lowest BCUT2D eigenvalue weighted by molar-refractivity contribution is 0.129. The lowest BCUT2D eigenvalue weighted by Crippen LogP contribution is -2.16. The van der Waals surface area contributed by atoms with Crippen LogP contribution in [0.5, 0.6) is 0 Å². The summed E-state index contributed by atoms with van der Waals surface area (Å²) in [5.41, 5.74) is 1.77. The maximum atomic E-state index is 5.60. The highest BCUT2D eigenvalue weighted by molar-refractivity contribution is 5.23. The maximum absolute atomic E-state index is 5.60. The molecule has 0 N–H and O–H groups in total. The quantitative estimate of drug-likeness (QED) is 0.561. The van der Waals surface area contributed by atoms with Gasteiger partial charge in [0.15, 0.2) is 0 Å². The molecular weight excluding hydrogens is 160 g/mol. The predicted molar refractivity (Wildman–Crippen MR) is 52.5 cm³/mol. The fourth-order valence-corrected chi connectivity index (χ4v) is 3.26. The molecule has 1 heteroatoms. The van der Waals surface area contributed by atoms with Gasteiger partial charge in [0.2, 0.25) is 0 Å². The molecular formula is C12H18O. The van der Waals surface area contributed by atoms with Crippen molar-refractivity contribution in [1.29, 1.82) is 0 Å². The van der Waals surface area contributed by atoms with Crippen molar-refractivity contribution < 1.29 is 4.74 Å². The van der Waals surface area contributed by atoms with Gasteiger partial charge in [-0.25, -0.2) is 0 Å². The minimum Gasteiger partial charge on any atom is -0.373 e. The van der Waals surface area contributed by atoms with E-state index < -0.39 is 0 Å². The van der Waals surface area contributed by atoms with Gasteiger partial charge in [-0.15, -0.1) is 0 Å². The van der Waals surface area contributed by atoms with Crippen LogP contribution in [0.1, 0.15) is 38.5 Å². The molecule has 0 radical (unpaired) electrons. The maximum Gasteiger partial charge on any atom is 0.0765 e. The van der Waals surface area contributed by atoms with Crippen molar-refractivity contribution in [2.45, 2.75) is 44.6 Å². The van der Waals surface area contributed by atoms with E-state index in [2.05, 4.69) is 6.08 Å². The summed E-state index contributed by atoms with van der Waals surface area (Å²) in [5, 5.41) is 0. The van der Waals surface area contributed by atoms with Crippen LogP contribution in [-0.4, -0.2) is 12.7 Å². The Morgan fingerprint density at radius 3 is 2.54 bits per heavy atom. The van der Waals surface area contributed by atoms with Crippen molar-refractivity contribution in [1.82, 2.24) is 0 Å². The van der Waals surface area contributed by atoms with Gasteiger partial charge in [0.25, 0.3) is 0 Å². The minimum atomic E-state index is 0.502. The molecule has 0 aromatic carbocycles. The van der Waals surface area contributed by atoms with Gasteiger partial charge in [-0.2, -0.15) is 0 Å². The van der Waals surface area contributed by atoms with Crippen molar-refractivity contribution in [3.05, 3.63) is 11.6 Å². The Morgan fingerprint density at radius 1 is 1.08 bits per heavy atom. The van der Waals surface area contributed by atoms with Crippen LogP contribution in [0.3, 0.4) is 0 Å². The van der Waals surface area contributed by atoms with Crippen LogP contribution in [0, 0.1) is 11.8 Å². The molecule has 3 aliphatic rings. The van der Waals surface area contributed by atoms with Crippen LogP contribution in [0.15, 0.2) is 11.6 Å². The Labute approximate surface area is 80.2 Å². The van der Waals surface area contributed by atoms with Crippen molar-refractivity contribution in [3.63, 3.8) is 0 Å². The second-order valence-electron chi connectivity index (χ2n) is 4.81. The first-order chi connectivity index (χ1) is 6.43. The zero-order valence-corrected chi connectivity index (χ0v) is 8.17. The van der Waals surface area contributed by atoms with Crippen LogP contribution in [0.2, 0.25) is 0 Å². The van der Waals surface area contributed by atoms with Crippen LogP contribution in [-0.2, 0) is 4.74 Å². The largest absolute Gasteiger partial charge is 0.373 e. The zero-order chi connectivity index (χ0) is 8.67. The van der Waals surface area contributed by atoms with E-state index in [-0.39, 0.29) is 0 Å². The van der Waals surface area contributed by atoms with Crippen LogP contribution in [0.4, 0.5) is 0 Å². The van der Waals surface area contributed by atoms with Gasteiger partial charge in [-0.05, 0) is 25.2 Å². The van der Waals surface area contributed by atoms with Gasteiger partial charge in [-0.1, -0.05) is 30.9 Å². The lowest BCUT2D eigenvalue weighted by Gasteiger charge is -2.27. The van der Waals surface area contributed by atoms with E-state index in [4.69, 9.17) is 4.74 Å². The number of ether oxygens (including phenoxy) is 1. The summed E-state index contributed by atoms with van der Waals surface area (Å²) in [4.78, 5) is 0. The second-order valence-corrected chi connectivity index (χ2v) is 4.81. The van der Waals surface area contributed by atoms with E-state index in [1.807, 2.05) is 0 Å². The van der Waals surface area contributed by atoms with Gasteiger partial charge >= 0.3 is 0 Å². The van der Waals surface area contributed by atoms with Gasteiger partial charge in [0.05, 0.1) is 12.7 Å². The third-order valence-electron chi connectivity index (χ3n) is 3.95. The number of hydrogen-bond acceptors (Lipinski definition) is 1. The zero-order valence-electron chi connectivity index (χ0n) is 8.17. The Hall–Kier alpha value is -0.300. The summed E-state index contributed by atoms with van der Waals surface area (Å²) in [5.74, 6) is 1.75. The molecule has 0 aromatic rings. The fraction of sp³-hybridized carbons (Fsp3) is 0.833. The van der Waals surface area contributed by atoms with Crippen LogP contribution < -0.4 is 0 Å². The summed E-state index contributed by atoms with van der Waals surface area (Å²) < 4.78 is 5.60. The van der Waals surface area contributed by atoms with E-state index in [1.54, 1.807) is 5.57 Å². The normalized spacial score (nSPS) is 39.5. The summed E-state index contributed by atoms with van der Waals surface area (Å²) in [6, 6.07) is 0. The average molecular weight is 178 g/mol. The molecule has 3 rings (SSSR count). The molecule has 72 valence electrons. The smallest absolute Gasteiger partial charge is 0.0765 e. The predicted octanol–water partition coefficient (Wildman–Crippen LogP) is 2.91. The van der Waals surface area contributed by atoms with Crippen LogP contribution >= 0.6 is 0 Å². The number of hydrogen-bond donors (Lipinski definition) is 0. The highest BCUT2D eigenvalue weighted by Crippen LogP contribution is 2.43. The number of rotatable bonds is 1. The summed E-state index contributed by atoms with van der Waals surface area (Å²) >= 11 is 0. The van der Waals surface area contributed by atoms with Crippen molar-refractivity contribution >= 4 is 0 Å². The molecule has 1 saturated carbocycles. The SMILES string of the molecule is C1=C(C2CCCCC2)C2COC1C2. The highest BCUT2D eigenvalue weighted by atomic mass is 16.5. The first-order valence-corrected chi connectivity index (χ1v) is 5.76. The molecule has 13 heavy (non-hydrogen) atoms. The molecule has 2 aliphatic carbocycles. The summed E-state index contributed by atoms with van der Waals surface area (Å²) in [6.07, 6.45) is 11.5. The van der Waals surface area contributed by atoms with E-state index in [9.17, 15) is 0 Å². The van der Waals surface area contributed by atoms with E-state index >= 15 is 0 Å². The summed E-state index contributed by atoms with van der Waals surface area (Å²) in [6.45, 7) is 1.02. The Balaban J connectivity index is 1.74. The van der Waals surface area contributed by atoms with Crippen molar-refractivity contribution in [2.24, 2.45) is 11.8 Å². The topological polar surface area (TPSA) is 9.23 Å². The highest BCUT2D eigenvalue weighted by Gasteiger charge is 2.37. The number of fused-ring (bicyclic) bond motifs is 2. The molecule has 0 aromatic heterocycles. The first-order valence-electron chi connectivity index (χ1n) is 5.76. The fourth-order valence-electron chi connectivity index (χ4n) is 3.26. The molecule has 0 spiro atoms.